The Morgan fingerprint density at radius 3 is 2.27 bits per heavy atom. The van der Waals surface area contributed by atoms with E-state index in [-0.39, 0.29) is 6.04 Å². The number of hydrogen-bond acceptors (Lipinski definition) is 3. The van der Waals surface area contributed by atoms with Crippen LogP contribution in [0.4, 0.5) is 0 Å². The Hall–Kier alpha value is -0.560. The van der Waals surface area contributed by atoms with Crippen molar-refractivity contribution in [3.05, 3.63) is 29.8 Å². The molecule has 3 N–H and O–H groups in total. The molecule has 6 heteroatoms. The average Bonchev–Trinajstić information content (AvgIpc) is 2.15. The number of nitrogens with one attached hydrogen (secondary N) is 1. The molecule has 1 rings (SSSR count). The summed E-state index contributed by atoms with van der Waals surface area (Å²) in [5, 5.41) is 4.89. The van der Waals surface area contributed by atoms with Crippen LogP contribution in [0.1, 0.15) is 18.5 Å². The molecule has 0 radical (unpaired) electrons. The van der Waals surface area contributed by atoms with Gasteiger partial charge in [-0.2, -0.15) is 13.1 Å². The van der Waals surface area contributed by atoms with Crippen LogP contribution in [0.25, 0.3) is 0 Å². The molecule has 0 aromatic heterocycles. The summed E-state index contributed by atoms with van der Waals surface area (Å²) in [6.45, 7) is 1.75. The first-order valence-corrected chi connectivity index (χ1v) is 7.13. The second kappa shape index (κ2) is 4.98. The highest BCUT2D eigenvalue weighted by Crippen LogP contribution is 2.18. The largest absolute Gasteiger partial charge is 0.274 e. The molecule has 0 spiro atoms. The number of thioether (sulfide) groups is 1. The Balaban J connectivity index is 2.78. The highest BCUT2D eigenvalue weighted by molar-refractivity contribution is 7.98. The van der Waals surface area contributed by atoms with Gasteiger partial charge in [-0.3, -0.25) is 0 Å². The van der Waals surface area contributed by atoms with E-state index in [1.54, 1.807) is 18.7 Å². The van der Waals surface area contributed by atoms with Crippen molar-refractivity contribution in [2.45, 2.75) is 17.9 Å². The molecule has 0 fully saturated rings. The molecule has 1 unspecified atom stereocenters. The molecule has 0 saturated carbocycles. The summed E-state index contributed by atoms with van der Waals surface area (Å²) in [7, 11) is -3.64. The van der Waals surface area contributed by atoms with Gasteiger partial charge < -0.3 is 0 Å². The van der Waals surface area contributed by atoms with Gasteiger partial charge >= 0.3 is 0 Å². The number of nitrogens with two attached hydrogens (primary N) is 1. The Morgan fingerprint density at radius 1 is 1.33 bits per heavy atom. The van der Waals surface area contributed by atoms with E-state index in [2.05, 4.69) is 4.72 Å². The molecule has 1 aromatic carbocycles. The molecular formula is C9H14N2O2S2. The van der Waals surface area contributed by atoms with E-state index in [1.165, 1.54) is 0 Å². The summed E-state index contributed by atoms with van der Waals surface area (Å²) >= 11 is 1.64. The molecule has 84 valence electrons. The molecule has 0 aliphatic rings. The topological polar surface area (TPSA) is 72.2 Å². The Kier molecular flexibility index (Phi) is 4.15. The third kappa shape index (κ3) is 4.21. The Bertz CT molecular complexity index is 414. The Morgan fingerprint density at radius 2 is 1.87 bits per heavy atom. The fourth-order valence-electron chi connectivity index (χ4n) is 1.21. The van der Waals surface area contributed by atoms with Crippen molar-refractivity contribution >= 4 is 22.0 Å². The molecule has 0 aliphatic heterocycles. The SMILES string of the molecule is CSc1ccc(C(C)NS(N)(=O)=O)cc1. The molecule has 0 saturated heterocycles. The van der Waals surface area contributed by atoms with E-state index < -0.39 is 10.2 Å². The molecule has 0 aliphatic carbocycles. The van der Waals surface area contributed by atoms with E-state index in [1.807, 2.05) is 30.5 Å². The van der Waals surface area contributed by atoms with Crippen molar-refractivity contribution in [2.24, 2.45) is 5.14 Å². The lowest BCUT2D eigenvalue weighted by Gasteiger charge is -2.12. The lowest BCUT2D eigenvalue weighted by molar-refractivity contribution is 0.568. The lowest BCUT2D eigenvalue weighted by Crippen LogP contribution is -2.32. The quantitative estimate of drug-likeness (QED) is 0.786. The zero-order chi connectivity index (χ0) is 11.5. The summed E-state index contributed by atoms with van der Waals surface area (Å²) in [5.74, 6) is 0. The van der Waals surface area contributed by atoms with Crippen LogP contribution < -0.4 is 9.86 Å². The van der Waals surface area contributed by atoms with Gasteiger partial charge in [-0.05, 0) is 30.9 Å². The van der Waals surface area contributed by atoms with Crippen LogP contribution in [0, 0.1) is 0 Å². The zero-order valence-electron chi connectivity index (χ0n) is 8.60. The van der Waals surface area contributed by atoms with Gasteiger partial charge in [0.2, 0.25) is 0 Å². The summed E-state index contributed by atoms with van der Waals surface area (Å²) in [5.41, 5.74) is 0.891. The van der Waals surface area contributed by atoms with Crippen molar-refractivity contribution in [3.8, 4) is 0 Å². The van der Waals surface area contributed by atoms with Gasteiger partial charge in [0.15, 0.2) is 0 Å². The van der Waals surface area contributed by atoms with Crippen LogP contribution in [0.5, 0.6) is 0 Å². The van der Waals surface area contributed by atoms with Gasteiger partial charge in [0.25, 0.3) is 10.2 Å². The second-order valence-electron chi connectivity index (χ2n) is 3.16. The number of rotatable bonds is 4. The highest BCUT2D eigenvalue weighted by Gasteiger charge is 2.10. The molecule has 0 heterocycles. The highest BCUT2D eigenvalue weighted by atomic mass is 32.2. The molecule has 1 atom stereocenters. The minimum atomic E-state index is -3.64. The summed E-state index contributed by atoms with van der Waals surface area (Å²) in [4.78, 5) is 1.14. The normalized spacial score (nSPS) is 13.8. The second-order valence-corrected chi connectivity index (χ2v) is 5.36. The van der Waals surface area contributed by atoms with E-state index in [0.29, 0.717) is 0 Å². The monoisotopic (exact) mass is 246 g/mol. The van der Waals surface area contributed by atoms with Crippen molar-refractivity contribution in [1.82, 2.24) is 4.72 Å². The van der Waals surface area contributed by atoms with Crippen molar-refractivity contribution < 1.29 is 8.42 Å². The van der Waals surface area contributed by atoms with Crippen molar-refractivity contribution in [2.75, 3.05) is 6.26 Å². The molecule has 0 amide bonds. The van der Waals surface area contributed by atoms with E-state index in [9.17, 15) is 8.42 Å². The maximum atomic E-state index is 10.8. The minimum absolute atomic E-state index is 0.309. The van der Waals surface area contributed by atoms with Gasteiger partial charge in [-0.15, -0.1) is 11.8 Å². The molecular weight excluding hydrogens is 232 g/mol. The maximum absolute atomic E-state index is 10.8. The predicted molar refractivity (Wildman–Crippen MR) is 62.9 cm³/mol. The molecule has 0 bridgehead atoms. The van der Waals surface area contributed by atoms with Crippen LogP contribution in [-0.4, -0.2) is 14.7 Å². The van der Waals surface area contributed by atoms with Crippen LogP contribution in [0.2, 0.25) is 0 Å². The summed E-state index contributed by atoms with van der Waals surface area (Å²) in [6.07, 6.45) is 1.99. The van der Waals surface area contributed by atoms with Crippen LogP contribution in [0.15, 0.2) is 29.2 Å². The standard InChI is InChI=1S/C9H14N2O2S2/c1-7(11-15(10,12)13)8-3-5-9(14-2)6-4-8/h3-7,11H,1-2H3,(H2,10,12,13). The van der Waals surface area contributed by atoms with E-state index in [4.69, 9.17) is 5.14 Å². The van der Waals surface area contributed by atoms with E-state index in [0.717, 1.165) is 10.5 Å². The summed E-state index contributed by atoms with van der Waals surface area (Å²) < 4.78 is 23.9. The van der Waals surface area contributed by atoms with Crippen molar-refractivity contribution in [3.63, 3.8) is 0 Å². The minimum Gasteiger partial charge on any atom is -0.216 e. The maximum Gasteiger partial charge on any atom is 0.274 e. The van der Waals surface area contributed by atoms with Gasteiger partial charge in [0.1, 0.15) is 0 Å². The number of benzene rings is 1. The molecule has 1 aromatic rings. The van der Waals surface area contributed by atoms with Crippen LogP contribution >= 0.6 is 11.8 Å². The zero-order valence-corrected chi connectivity index (χ0v) is 10.2. The third-order valence-electron chi connectivity index (χ3n) is 1.96. The smallest absolute Gasteiger partial charge is 0.216 e. The fraction of sp³-hybridized carbons (Fsp3) is 0.333. The van der Waals surface area contributed by atoms with Gasteiger partial charge in [-0.25, -0.2) is 5.14 Å². The van der Waals surface area contributed by atoms with Crippen LogP contribution in [-0.2, 0) is 10.2 Å². The third-order valence-corrected chi connectivity index (χ3v) is 3.38. The van der Waals surface area contributed by atoms with Crippen LogP contribution in [0.3, 0.4) is 0 Å². The van der Waals surface area contributed by atoms with Gasteiger partial charge in [-0.1, -0.05) is 12.1 Å². The first-order valence-electron chi connectivity index (χ1n) is 4.36. The molecule has 4 nitrogen and oxygen atoms in total. The predicted octanol–water partition coefficient (Wildman–Crippen LogP) is 1.26. The fourth-order valence-corrected chi connectivity index (χ4v) is 2.24. The lowest BCUT2D eigenvalue weighted by atomic mass is 10.1. The Labute approximate surface area is 94.4 Å². The first-order chi connectivity index (χ1) is 6.92. The number of hydrogen-bond donors (Lipinski definition) is 2. The van der Waals surface area contributed by atoms with Crippen molar-refractivity contribution in [1.29, 1.82) is 0 Å². The van der Waals surface area contributed by atoms with E-state index >= 15 is 0 Å². The molecule has 15 heavy (non-hydrogen) atoms. The van der Waals surface area contributed by atoms with Gasteiger partial charge in [0, 0.05) is 10.9 Å². The average molecular weight is 246 g/mol. The first kappa shape index (κ1) is 12.5. The summed E-state index contributed by atoms with van der Waals surface area (Å²) in [6, 6.07) is 7.35. The van der Waals surface area contributed by atoms with Gasteiger partial charge in [0.05, 0.1) is 0 Å².